The van der Waals surface area contributed by atoms with E-state index >= 15 is 0 Å². The highest BCUT2D eigenvalue weighted by Gasteiger charge is 2.33. The fourth-order valence-electron chi connectivity index (χ4n) is 2.92. The average Bonchev–Trinajstić information content (AvgIpc) is 3.00. The third-order valence-corrected chi connectivity index (χ3v) is 4.17. The summed E-state index contributed by atoms with van der Waals surface area (Å²) in [6.07, 6.45) is 1.39. The smallest absolute Gasteiger partial charge is 0.328 e. The van der Waals surface area contributed by atoms with Crippen molar-refractivity contribution in [3.05, 3.63) is 29.8 Å². The molecule has 3 rings (SSSR count). The lowest BCUT2D eigenvalue weighted by atomic mass is 10.1. The number of amides is 2. The maximum atomic E-state index is 12.5. The molecule has 0 radical (unpaired) electrons. The van der Waals surface area contributed by atoms with Gasteiger partial charge in [0, 0.05) is 30.8 Å². The van der Waals surface area contributed by atoms with Crippen LogP contribution >= 0.6 is 0 Å². The van der Waals surface area contributed by atoms with Crippen molar-refractivity contribution in [1.29, 1.82) is 0 Å². The molecule has 2 amide bonds. The Balaban J connectivity index is 1.77. The predicted molar refractivity (Wildman–Crippen MR) is 81.3 cm³/mol. The number of carboxylic acids is 1. The molecule has 2 saturated heterocycles. The summed E-state index contributed by atoms with van der Waals surface area (Å²) in [7, 11) is 0. The minimum absolute atomic E-state index is 0.00143. The van der Waals surface area contributed by atoms with E-state index in [1.54, 1.807) is 29.2 Å². The number of rotatable bonds is 3. The fourth-order valence-corrected chi connectivity index (χ4v) is 2.92. The zero-order valence-electron chi connectivity index (χ0n) is 12.6. The molecule has 0 aliphatic carbocycles. The number of ether oxygens (including phenoxy) is 1. The van der Waals surface area contributed by atoms with Crippen LogP contribution in [0, 0.1) is 0 Å². The SMILES string of the molecule is O=C(O)[C@H]1COCCN1C(=O)c1ccc(N2CCCC2=O)cc1. The van der Waals surface area contributed by atoms with E-state index in [2.05, 4.69) is 0 Å². The zero-order valence-corrected chi connectivity index (χ0v) is 12.6. The quantitative estimate of drug-likeness (QED) is 0.888. The molecule has 0 bridgehead atoms. The van der Waals surface area contributed by atoms with Gasteiger partial charge < -0.3 is 19.6 Å². The Morgan fingerprint density at radius 2 is 1.91 bits per heavy atom. The van der Waals surface area contributed by atoms with Crippen LogP contribution < -0.4 is 4.90 Å². The number of anilines is 1. The van der Waals surface area contributed by atoms with Gasteiger partial charge in [-0.2, -0.15) is 0 Å². The number of aliphatic carboxylic acids is 1. The number of carbonyl (C=O) groups excluding carboxylic acids is 2. The molecule has 1 aromatic carbocycles. The van der Waals surface area contributed by atoms with Gasteiger partial charge in [-0.25, -0.2) is 4.79 Å². The summed E-state index contributed by atoms with van der Waals surface area (Å²) in [5, 5.41) is 9.20. The fraction of sp³-hybridized carbons (Fsp3) is 0.438. The summed E-state index contributed by atoms with van der Waals surface area (Å²) >= 11 is 0. The van der Waals surface area contributed by atoms with Crippen molar-refractivity contribution < 1.29 is 24.2 Å². The molecule has 7 nitrogen and oxygen atoms in total. The number of carbonyl (C=O) groups is 3. The molecule has 2 heterocycles. The Morgan fingerprint density at radius 3 is 2.52 bits per heavy atom. The van der Waals surface area contributed by atoms with Crippen molar-refractivity contribution in [3.63, 3.8) is 0 Å². The number of morpholine rings is 1. The second kappa shape index (κ2) is 6.37. The molecular formula is C16H18N2O5. The van der Waals surface area contributed by atoms with Gasteiger partial charge in [-0.15, -0.1) is 0 Å². The van der Waals surface area contributed by atoms with E-state index in [1.807, 2.05) is 0 Å². The molecule has 0 saturated carbocycles. The maximum Gasteiger partial charge on any atom is 0.328 e. The van der Waals surface area contributed by atoms with Gasteiger partial charge in [0.05, 0.1) is 13.2 Å². The van der Waals surface area contributed by atoms with Crippen molar-refractivity contribution in [3.8, 4) is 0 Å². The normalized spacial score (nSPS) is 21.6. The molecule has 23 heavy (non-hydrogen) atoms. The molecule has 122 valence electrons. The first-order valence-electron chi connectivity index (χ1n) is 7.60. The predicted octanol–water partition coefficient (Wildman–Crippen LogP) is 0.739. The van der Waals surface area contributed by atoms with Gasteiger partial charge in [-0.3, -0.25) is 9.59 Å². The summed E-state index contributed by atoms with van der Waals surface area (Å²) < 4.78 is 5.14. The van der Waals surface area contributed by atoms with Crippen LogP contribution in [0.4, 0.5) is 5.69 Å². The van der Waals surface area contributed by atoms with Crippen LogP contribution in [0.3, 0.4) is 0 Å². The lowest BCUT2D eigenvalue weighted by Crippen LogP contribution is -2.52. The molecule has 2 aliphatic heterocycles. The lowest BCUT2D eigenvalue weighted by molar-refractivity contribution is -0.147. The van der Waals surface area contributed by atoms with Crippen LogP contribution in [0.1, 0.15) is 23.2 Å². The molecule has 1 N–H and O–H groups in total. The Morgan fingerprint density at radius 1 is 1.17 bits per heavy atom. The van der Waals surface area contributed by atoms with Crippen LogP contribution in [0.25, 0.3) is 0 Å². The van der Waals surface area contributed by atoms with E-state index in [1.165, 1.54) is 4.90 Å². The van der Waals surface area contributed by atoms with Crippen molar-refractivity contribution in [2.45, 2.75) is 18.9 Å². The summed E-state index contributed by atoms with van der Waals surface area (Å²) in [4.78, 5) is 38.5. The Kier molecular flexibility index (Phi) is 4.29. The van der Waals surface area contributed by atoms with Gasteiger partial charge in [0.15, 0.2) is 6.04 Å². The van der Waals surface area contributed by atoms with Crippen molar-refractivity contribution >= 4 is 23.5 Å². The van der Waals surface area contributed by atoms with Gasteiger partial charge in [-0.05, 0) is 30.7 Å². The molecule has 2 aliphatic rings. The standard InChI is InChI=1S/C16H18N2O5/c19-14-2-1-7-17(14)12-5-3-11(4-6-12)15(20)18-8-9-23-10-13(18)16(21)22/h3-6,13H,1-2,7-10H2,(H,21,22)/t13-/m1/s1. The van der Waals surface area contributed by atoms with Gasteiger partial charge in [0.25, 0.3) is 5.91 Å². The van der Waals surface area contributed by atoms with Gasteiger partial charge in [0.2, 0.25) is 5.91 Å². The summed E-state index contributed by atoms with van der Waals surface area (Å²) in [5.74, 6) is -1.32. The lowest BCUT2D eigenvalue weighted by Gasteiger charge is -2.33. The first-order chi connectivity index (χ1) is 11.1. The Labute approximate surface area is 133 Å². The number of nitrogens with zero attached hydrogens (tertiary/aromatic N) is 2. The second-order valence-electron chi connectivity index (χ2n) is 5.62. The third-order valence-electron chi connectivity index (χ3n) is 4.17. The van der Waals surface area contributed by atoms with Crippen LogP contribution in [-0.4, -0.2) is 60.1 Å². The highest BCUT2D eigenvalue weighted by molar-refractivity contribution is 5.98. The molecule has 0 spiro atoms. The van der Waals surface area contributed by atoms with E-state index in [4.69, 9.17) is 4.74 Å². The number of carboxylic acid groups (broad SMARTS) is 1. The van der Waals surface area contributed by atoms with Crippen molar-refractivity contribution in [2.75, 3.05) is 31.2 Å². The molecule has 7 heteroatoms. The molecule has 0 unspecified atom stereocenters. The number of hydrogen-bond acceptors (Lipinski definition) is 4. The molecule has 0 aromatic heterocycles. The van der Waals surface area contributed by atoms with Crippen LogP contribution in [0.15, 0.2) is 24.3 Å². The second-order valence-corrected chi connectivity index (χ2v) is 5.62. The van der Waals surface area contributed by atoms with E-state index in [9.17, 15) is 19.5 Å². The largest absolute Gasteiger partial charge is 0.480 e. The van der Waals surface area contributed by atoms with Gasteiger partial charge in [0.1, 0.15) is 0 Å². The number of benzene rings is 1. The first kappa shape index (κ1) is 15.5. The minimum Gasteiger partial charge on any atom is -0.480 e. The molecule has 2 fully saturated rings. The van der Waals surface area contributed by atoms with Crippen molar-refractivity contribution in [2.24, 2.45) is 0 Å². The van der Waals surface area contributed by atoms with Gasteiger partial charge >= 0.3 is 5.97 Å². The van der Waals surface area contributed by atoms with E-state index in [0.717, 1.165) is 12.1 Å². The van der Waals surface area contributed by atoms with E-state index in [0.29, 0.717) is 25.1 Å². The monoisotopic (exact) mass is 318 g/mol. The highest BCUT2D eigenvalue weighted by atomic mass is 16.5. The van der Waals surface area contributed by atoms with Gasteiger partial charge in [-0.1, -0.05) is 0 Å². The Hall–Kier alpha value is -2.41. The summed E-state index contributed by atoms with van der Waals surface area (Å²) in [6.45, 7) is 1.27. The maximum absolute atomic E-state index is 12.5. The number of hydrogen-bond donors (Lipinski definition) is 1. The zero-order chi connectivity index (χ0) is 16.4. The van der Waals surface area contributed by atoms with Crippen LogP contribution in [-0.2, 0) is 14.3 Å². The van der Waals surface area contributed by atoms with Crippen molar-refractivity contribution in [1.82, 2.24) is 4.90 Å². The molecule has 1 atom stereocenters. The third kappa shape index (κ3) is 3.05. The minimum atomic E-state index is -1.07. The molecule has 1 aromatic rings. The van der Waals surface area contributed by atoms with E-state index in [-0.39, 0.29) is 25.0 Å². The van der Waals surface area contributed by atoms with Crippen LogP contribution in [0.2, 0.25) is 0 Å². The van der Waals surface area contributed by atoms with Crippen LogP contribution in [0.5, 0.6) is 0 Å². The highest BCUT2D eigenvalue weighted by Crippen LogP contribution is 2.22. The van der Waals surface area contributed by atoms with E-state index < -0.39 is 12.0 Å². The summed E-state index contributed by atoms with van der Waals surface area (Å²) in [6, 6.07) is 5.77. The topological polar surface area (TPSA) is 87.2 Å². The average molecular weight is 318 g/mol. The Bertz CT molecular complexity index is 628. The molecular weight excluding hydrogens is 300 g/mol. The first-order valence-corrected chi connectivity index (χ1v) is 7.60. The summed E-state index contributed by atoms with van der Waals surface area (Å²) in [5.41, 5.74) is 1.18.